The predicted octanol–water partition coefficient (Wildman–Crippen LogP) is 2.00. The smallest absolute Gasteiger partial charge is 0.142 e. The molecule has 1 aromatic carbocycles. The summed E-state index contributed by atoms with van der Waals surface area (Å²) in [5.74, 6) is 0.747. The summed E-state index contributed by atoms with van der Waals surface area (Å²) in [5.41, 5.74) is 6.48. The Hall–Kier alpha value is -0.830. The topological polar surface area (TPSA) is 35.2 Å². The van der Waals surface area contributed by atoms with E-state index in [-0.39, 0.29) is 0 Å². The number of para-hydroxylation sites is 1. The zero-order valence-electron chi connectivity index (χ0n) is 6.63. The molecule has 0 radical (unpaired) electrons. The molecule has 0 aliphatic rings. The van der Waals surface area contributed by atoms with Crippen molar-refractivity contribution in [3.8, 4) is 5.75 Å². The molecule has 0 amide bonds. The largest absolute Gasteiger partial charge is 0.495 e. The number of nitrogens with two attached hydrogens (primary N) is 1. The predicted molar refractivity (Wildman–Crippen MR) is 49.2 cm³/mol. The molecule has 0 bridgehead atoms. The van der Waals surface area contributed by atoms with Crippen LogP contribution in [-0.2, 0) is 0 Å². The molecule has 0 aromatic heterocycles. The number of nitrogen functional groups attached to an aromatic ring is 1. The molecular formula is C8H11NOS. The lowest BCUT2D eigenvalue weighted by Gasteiger charge is -2.06. The van der Waals surface area contributed by atoms with Crippen LogP contribution in [0.4, 0.5) is 5.69 Å². The van der Waals surface area contributed by atoms with E-state index < -0.39 is 0 Å². The maximum Gasteiger partial charge on any atom is 0.142 e. The van der Waals surface area contributed by atoms with Gasteiger partial charge in [-0.2, -0.15) is 0 Å². The van der Waals surface area contributed by atoms with E-state index in [9.17, 15) is 0 Å². The Balaban J connectivity index is 3.10. The number of hydrogen-bond donors (Lipinski definition) is 1. The minimum Gasteiger partial charge on any atom is -0.495 e. The van der Waals surface area contributed by atoms with Crippen LogP contribution in [0.3, 0.4) is 0 Å². The summed E-state index contributed by atoms with van der Waals surface area (Å²) in [6.07, 6.45) is 1.99. The Morgan fingerprint density at radius 2 is 2.18 bits per heavy atom. The quantitative estimate of drug-likeness (QED) is 0.543. The minimum absolute atomic E-state index is 0.725. The second kappa shape index (κ2) is 3.53. The van der Waals surface area contributed by atoms with Crippen molar-refractivity contribution in [3.05, 3.63) is 18.2 Å². The second-order valence-corrected chi connectivity index (χ2v) is 2.92. The molecule has 1 rings (SSSR count). The maximum atomic E-state index is 5.76. The number of benzene rings is 1. The summed E-state index contributed by atoms with van der Waals surface area (Å²) in [6, 6.07) is 5.76. The van der Waals surface area contributed by atoms with Gasteiger partial charge in [-0.05, 0) is 18.4 Å². The first-order valence-corrected chi connectivity index (χ1v) is 4.48. The molecule has 0 aliphatic heterocycles. The fourth-order valence-electron chi connectivity index (χ4n) is 0.880. The number of hydrogen-bond acceptors (Lipinski definition) is 3. The Morgan fingerprint density at radius 3 is 2.73 bits per heavy atom. The molecule has 60 valence electrons. The van der Waals surface area contributed by atoms with Crippen molar-refractivity contribution in [3.63, 3.8) is 0 Å². The molecule has 0 saturated carbocycles. The van der Waals surface area contributed by atoms with Crippen molar-refractivity contribution < 1.29 is 4.74 Å². The van der Waals surface area contributed by atoms with Gasteiger partial charge in [-0.1, -0.05) is 6.07 Å². The van der Waals surface area contributed by atoms with Gasteiger partial charge in [0.05, 0.1) is 12.8 Å². The summed E-state index contributed by atoms with van der Waals surface area (Å²) in [7, 11) is 1.62. The van der Waals surface area contributed by atoms with Gasteiger partial charge in [-0.3, -0.25) is 0 Å². The molecule has 2 nitrogen and oxygen atoms in total. The highest BCUT2D eigenvalue weighted by atomic mass is 32.2. The van der Waals surface area contributed by atoms with Gasteiger partial charge in [0.1, 0.15) is 5.75 Å². The minimum atomic E-state index is 0.725. The highest BCUT2D eigenvalue weighted by Gasteiger charge is 2.01. The van der Waals surface area contributed by atoms with Gasteiger partial charge in [0, 0.05) is 4.90 Å². The molecule has 0 heterocycles. The molecule has 3 heteroatoms. The van der Waals surface area contributed by atoms with E-state index in [0.717, 1.165) is 16.3 Å². The van der Waals surface area contributed by atoms with E-state index >= 15 is 0 Å². The average Bonchev–Trinajstić information content (AvgIpc) is 2.05. The van der Waals surface area contributed by atoms with Gasteiger partial charge in [0.2, 0.25) is 0 Å². The Bertz CT molecular complexity index is 228. The van der Waals surface area contributed by atoms with Crippen molar-refractivity contribution >= 4 is 17.4 Å². The number of thioether (sulfide) groups is 1. The number of anilines is 1. The molecule has 0 fully saturated rings. The van der Waals surface area contributed by atoms with Gasteiger partial charge in [0.15, 0.2) is 0 Å². The fourth-order valence-corrected chi connectivity index (χ4v) is 1.42. The number of rotatable bonds is 2. The van der Waals surface area contributed by atoms with Crippen LogP contribution < -0.4 is 10.5 Å². The first kappa shape index (κ1) is 8.27. The van der Waals surface area contributed by atoms with Crippen molar-refractivity contribution in [2.45, 2.75) is 4.90 Å². The summed E-state index contributed by atoms with van der Waals surface area (Å²) in [4.78, 5) is 1.06. The normalized spacial score (nSPS) is 9.64. The average molecular weight is 169 g/mol. The standard InChI is InChI=1S/C8H11NOS/c1-10-6-4-3-5-7(11-2)8(6)9/h3-5H,9H2,1-2H3. The van der Waals surface area contributed by atoms with Crippen LogP contribution in [0.2, 0.25) is 0 Å². The Kier molecular flexibility index (Phi) is 2.65. The van der Waals surface area contributed by atoms with E-state index in [2.05, 4.69) is 0 Å². The zero-order valence-corrected chi connectivity index (χ0v) is 7.44. The highest BCUT2D eigenvalue weighted by molar-refractivity contribution is 7.98. The van der Waals surface area contributed by atoms with Crippen LogP contribution in [0.15, 0.2) is 23.1 Å². The van der Waals surface area contributed by atoms with Crippen LogP contribution in [0.5, 0.6) is 5.75 Å². The van der Waals surface area contributed by atoms with Crippen molar-refractivity contribution in [1.29, 1.82) is 0 Å². The first-order valence-electron chi connectivity index (χ1n) is 3.26. The maximum absolute atomic E-state index is 5.76. The zero-order chi connectivity index (χ0) is 8.27. The summed E-state index contributed by atoms with van der Waals surface area (Å²) in [6.45, 7) is 0. The van der Waals surface area contributed by atoms with E-state index in [1.54, 1.807) is 18.9 Å². The van der Waals surface area contributed by atoms with Crippen molar-refractivity contribution in [2.24, 2.45) is 0 Å². The fraction of sp³-hybridized carbons (Fsp3) is 0.250. The molecule has 0 atom stereocenters. The molecule has 0 spiro atoms. The second-order valence-electron chi connectivity index (χ2n) is 2.08. The van der Waals surface area contributed by atoms with Crippen LogP contribution in [-0.4, -0.2) is 13.4 Å². The van der Waals surface area contributed by atoms with Crippen LogP contribution in [0, 0.1) is 0 Å². The van der Waals surface area contributed by atoms with Crippen LogP contribution in [0.1, 0.15) is 0 Å². The summed E-state index contributed by atoms with van der Waals surface area (Å²) in [5, 5.41) is 0. The van der Waals surface area contributed by atoms with E-state index in [0.29, 0.717) is 0 Å². The first-order chi connectivity index (χ1) is 5.29. The lowest BCUT2D eigenvalue weighted by molar-refractivity contribution is 0.416. The number of methoxy groups -OCH3 is 1. The third kappa shape index (κ3) is 1.60. The van der Waals surface area contributed by atoms with E-state index in [1.165, 1.54) is 0 Å². The van der Waals surface area contributed by atoms with E-state index in [4.69, 9.17) is 10.5 Å². The van der Waals surface area contributed by atoms with Gasteiger partial charge in [-0.25, -0.2) is 0 Å². The molecular weight excluding hydrogens is 158 g/mol. The van der Waals surface area contributed by atoms with Gasteiger partial charge in [-0.15, -0.1) is 11.8 Å². The van der Waals surface area contributed by atoms with Gasteiger partial charge < -0.3 is 10.5 Å². The molecule has 0 aliphatic carbocycles. The van der Waals surface area contributed by atoms with Crippen molar-refractivity contribution in [2.75, 3.05) is 19.1 Å². The Labute approximate surface area is 70.7 Å². The molecule has 0 saturated heterocycles. The monoisotopic (exact) mass is 169 g/mol. The molecule has 11 heavy (non-hydrogen) atoms. The molecule has 1 aromatic rings. The SMILES string of the molecule is COc1cccc(SC)c1N. The summed E-state index contributed by atoms with van der Waals surface area (Å²) >= 11 is 1.62. The Morgan fingerprint density at radius 1 is 1.45 bits per heavy atom. The lowest BCUT2D eigenvalue weighted by atomic mass is 10.3. The highest BCUT2D eigenvalue weighted by Crippen LogP contribution is 2.30. The third-order valence-corrected chi connectivity index (χ3v) is 2.26. The van der Waals surface area contributed by atoms with E-state index in [1.807, 2.05) is 24.5 Å². The van der Waals surface area contributed by atoms with Crippen molar-refractivity contribution in [1.82, 2.24) is 0 Å². The summed E-state index contributed by atoms with van der Waals surface area (Å²) < 4.78 is 5.05. The van der Waals surface area contributed by atoms with Gasteiger partial charge >= 0.3 is 0 Å². The van der Waals surface area contributed by atoms with Crippen LogP contribution >= 0.6 is 11.8 Å². The molecule has 0 unspecified atom stereocenters. The molecule has 2 N–H and O–H groups in total. The van der Waals surface area contributed by atoms with Gasteiger partial charge in [0.25, 0.3) is 0 Å². The number of ether oxygens (including phenoxy) is 1. The van der Waals surface area contributed by atoms with Crippen LogP contribution in [0.25, 0.3) is 0 Å². The lowest BCUT2D eigenvalue weighted by Crippen LogP contribution is -1.93. The third-order valence-electron chi connectivity index (χ3n) is 1.47.